The van der Waals surface area contributed by atoms with Crippen LogP contribution in [0, 0.1) is 12.7 Å². The molecule has 1 heterocycles. The van der Waals surface area contributed by atoms with Gasteiger partial charge < -0.3 is 10.1 Å². The molecule has 0 amide bonds. The van der Waals surface area contributed by atoms with Crippen molar-refractivity contribution in [2.45, 2.75) is 20.4 Å². The predicted octanol–water partition coefficient (Wildman–Crippen LogP) is 3.43. The zero-order valence-electron chi connectivity index (χ0n) is 11.1. The van der Waals surface area contributed by atoms with E-state index in [0.29, 0.717) is 12.3 Å². The molecule has 0 unspecified atom stereocenters. The van der Waals surface area contributed by atoms with Gasteiger partial charge in [0.2, 0.25) is 0 Å². The van der Waals surface area contributed by atoms with Crippen molar-refractivity contribution >= 4 is 0 Å². The van der Waals surface area contributed by atoms with Crippen molar-refractivity contribution in [1.29, 1.82) is 0 Å². The maximum Gasteiger partial charge on any atom is 0.166 e. The fraction of sp³-hybridized carbons (Fsp3) is 0.267. The number of rotatable bonds is 5. The van der Waals surface area contributed by atoms with Crippen molar-refractivity contribution in [3.05, 3.63) is 53.6 Å². The van der Waals surface area contributed by atoms with Crippen molar-refractivity contribution in [1.82, 2.24) is 10.3 Å². The van der Waals surface area contributed by atoms with Gasteiger partial charge in [0.15, 0.2) is 11.6 Å². The quantitative estimate of drug-likeness (QED) is 0.894. The molecule has 0 aliphatic carbocycles. The Labute approximate surface area is 112 Å². The molecule has 2 aromatic rings. The highest BCUT2D eigenvalue weighted by Gasteiger charge is 2.06. The van der Waals surface area contributed by atoms with Crippen molar-refractivity contribution in [2.24, 2.45) is 0 Å². The third kappa shape index (κ3) is 3.76. The number of hydrogen-bond acceptors (Lipinski definition) is 3. The molecule has 3 nitrogen and oxygen atoms in total. The molecule has 0 fully saturated rings. The Morgan fingerprint density at radius 1 is 1.26 bits per heavy atom. The monoisotopic (exact) mass is 260 g/mol. The summed E-state index contributed by atoms with van der Waals surface area (Å²) < 4.78 is 19.3. The van der Waals surface area contributed by atoms with Crippen LogP contribution in [0.5, 0.6) is 11.5 Å². The first-order valence-corrected chi connectivity index (χ1v) is 6.28. The number of hydrogen-bond donors (Lipinski definition) is 1. The summed E-state index contributed by atoms with van der Waals surface area (Å²) in [7, 11) is 0. The first-order chi connectivity index (χ1) is 9.19. The lowest BCUT2D eigenvalue weighted by Crippen LogP contribution is -2.11. The maximum atomic E-state index is 13.9. The van der Waals surface area contributed by atoms with Gasteiger partial charge in [-0.15, -0.1) is 0 Å². The molecule has 0 bridgehead atoms. The van der Waals surface area contributed by atoms with Crippen LogP contribution < -0.4 is 10.1 Å². The molecule has 0 radical (unpaired) electrons. The second-order valence-corrected chi connectivity index (χ2v) is 4.28. The lowest BCUT2D eigenvalue weighted by molar-refractivity contribution is 0.439. The third-order valence-electron chi connectivity index (χ3n) is 2.69. The smallest absolute Gasteiger partial charge is 0.166 e. The van der Waals surface area contributed by atoms with E-state index in [-0.39, 0.29) is 11.6 Å². The first-order valence-electron chi connectivity index (χ1n) is 6.28. The van der Waals surface area contributed by atoms with Gasteiger partial charge in [-0.2, -0.15) is 0 Å². The minimum Gasteiger partial charge on any atom is -0.453 e. The van der Waals surface area contributed by atoms with Crippen LogP contribution >= 0.6 is 0 Å². The summed E-state index contributed by atoms with van der Waals surface area (Å²) in [6, 6.07) is 8.57. The molecule has 0 aliphatic heterocycles. The summed E-state index contributed by atoms with van der Waals surface area (Å²) in [5, 5.41) is 3.15. The van der Waals surface area contributed by atoms with E-state index >= 15 is 0 Å². The zero-order chi connectivity index (χ0) is 13.7. The Hall–Kier alpha value is -1.94. The number of pyridine rings is 1. The van der Waals surface area contributed by atoms with Crippen molar-refractivity contribution < 1.29 is 9.13 Å². The molecule has 1 N–H and O–H groups in total. The Balaban J connectivity index is 2.10. The van der Waals surface area contributed by atoms with Crippen molar-refractivity contribution in [2.75, 3.05) is 6.54 Å². The van der Waals surface area contributed by atoms with E-state index in [1.807, 2.05) is 26.0 Å². The van der Waals surface area contributed by atoms with E-state index in [1.54, 1.807) is 18.3 Å². The van der Waals surface area contributed by atoms with E-state index in [9.17, 15) is 4.39 Å². The number of nitrogens with zero attached hydrogens (tertiary/aromatic N) is 1. The number of benzene rings is 1. The first kappa shape index (κ1) is 13.5. The van der Waals surface area contributed by atoms with Gasteiger partial charge in [-0.25, -0.2) is 4.39 Å². The Bertz CT molecular complexity index is 540. The topological polar surface area (TPSA) is 34.1 Å². The van der Waals surface area contributed by atoms with Gasteiger partial charge >= 0.3 is 0 Å². The van der Waals surface area contributed by atoms with Gasteiger partial charge in [0.05, 0.1) is 6.20 Å². The van der Waals surface area contributed by atoms with Crippen LogP contribution in [0.2, 0.25) is 0 Å². The molecular formula is C15H17FN2O. The summed E-state index contributed by atoms with van der Waals surface area (Å²) in [6.07, 6.45) is 1.58. The predicted molar refractivity (Wildman–Crippen MR) is 72.8 cm³/mol. The van der Waals surface area contributed by atoms with Gasteiger partial charge in [0.1, 0.15) is 5.75 Å². The summed E-state index contributed by atoms with van der Waals surface area (Å²) in [4.78, 5) is 4.11. The summed E-state index contributed by atoms with van der Waals surface area (Å²) >= 11 is 0. The van der Waals surface area contributed by atoms with Crippen LogP contribution in [-0.2, 0) is 6.54 Å². The average molecular weight is 260 g/mol. The number of halogens is 1. The molecule has 0 saturated carbocycles. The van der Waals surface area contributed by atoms with Gasteiger partial charge in [0, 0.05) is 12.2 Å². The van der Waals surface area contributed by atoms with Crippen molar-refractivity contribution in [3.63, 3.8) is 0 Å². The molecule has 4 heteroatoms. The molecule has 19 heavy (non-hydrogen) atoms. The highest BCUT2D eigenvalue weighted by atomic mass is 19.1. The van der Waals surface area contributed by atoms with Crippen LogP contribution in [0.15, 0.2) is 36.5 Å². The Morgan fingerprint density at radius 3 is 2.74 bits per heavy atom. The number of nitrogens with one attached hydrogen (secondary N) is 1. The molecular weight excluding hydrogens is 243 g/mol. The normalized spacial score (nSPS) is 10.5. The second kappa shape index (κ2) is 6.29. The van der Waals surface area contributed by atoms with Crippen LogP contribution in [0.25, 0.3) is 0 Å². The van der Waals surface area contributed by atoms with Crippen molar-refractivity contribution in [3.8, 4) is 11.5 Å². The minimum absolute atomic E-state index is 0.214. The van der Waals surface area contributed by atoms with Gasteiger partial charge in [-0.1, -0.05) is 13.0 Å². The molecule has 0 aliphatic rings. The van der Waals surface area contributed by atoms with E-state index in [0.717, 1.165) is 17.8 Å². The number of aromatic nitrogens is 1. The molecule has 1 aromatic carbocycles. The average Bonchev–Trinajstić information content (AvgIpc) is 2.41. The number of aryl methyl sites for hydroxylation is 1. The third-order valence-corrected chi connectivity index (χ3v) is 2.69. The molecule has 0 saturated heterocycles. The number of ether oxygens (including phenoxy) is 1. The van der Waals surface area contributed by atoms with Gasteiger partial charge in [-0.05, 0) is 43.3 Å². The van der Waals surface area contributed by atoms with E-state index in [1.165, 1.54) is 6.07 Å². The SMILES string of the molecule is CCNCc1ccc(Oc2ccc(C)nc2)c(F)c1. The molecule has 2 rings (SSSR count). The molecule has 100 valence electrons. The van der Waals surface area contributed by atoms with E-state index in [2.05, 4.69) is 10.3 Å². The molecule has 1 aromatic heterocycles. The minimum atomic E-state index is -0.365. The van der Waals surface area contributed by atoms with Crippen LogP contribution in [0.3, 0.4) is 0 Å². The van der Waals surface area contributed by atoms with E-state index in [4.69, 9.17) is 4.74 Å². The Kier molecular flexibility index (Phi) is 4.47. The standard InChI is InChI=1S/C15H17FN2O/c1-3-17-9-12-5-7-15(14(16)8-12)19-13-6-4-11(2)18-10-13/h4-8,10,17H,3,9H2,1-2H3. The second-order valence-electron chi connectivity index (χ2n) is 4.28. The zero-order valence-corrected chi connectivity index (χ0v) is 11.1. The van der Waals surface area contributed by atoms with Crippen LogP contribution in [0.4, 0.5) is 4.39 Å². The largest absolute Gasteiger partial charge is 0.453 e. The van der Waals surface area contributed by atoms with Crippen LogP contribution in [-0.4, -0.2) is 11.5 Å². The highest BCUT2D eigenvalue weighted by Crippen LogP contribution is 2.24. The molecule has 0 atom stereocenters. The fourth-order valence-electron chi connectivity index (χ4n) is 1.65. The summed E-state index contributed by atoms with van der Waals surface area (Å²) in [6.45, 7) is 5.41. The summed E-state index contributed by atoms with van der Waals surface area (Å²) in [5.41, 5.74) is 1.79. The maximum absolute atomic E-state index is 13.9. The van der Waals surface area contributed by atoms with Gasteiger partial charge in [0.25, 0.3) is 0 Å². The molecule has 0 spiro atoms. The fourth-order valence-corrected chi connectivity index (χ4v) is 1.65. The van der Waals surface area contributed by atoms with Crippen LogP contribution in [0.1, 0.15) is 18.2 Å². The van der Waals surface area contributed by atoms with E-state index < -0.39 is 0 Å². The lowest BCUT2D eigenvalue weighted by atomic mass is 10.2. The Morgan fingerprint density at radius 2 is 2.11 bits per heavy atom. The highest BCUT2D eigenvalue weighted by molar-refractivity contribution is 5.33. The summed E-state index contributed by atoms with van der Waals surface area (Å²) in [5.74, 6) is 0.380. The van der Waals surface area contributed by atoms with Gasteiger partial charge in [-0.3, -0.25) is 4.98 Å². The lowest BCUT2D eigenvalue weighted by Gasteiger charge is -2.08.